The van der Waals surface area contributed by atoms with Crippen molar-refractivity contribution in [2.24, 2.45) is 0 Å². The number of carboxylic acid groups (broad SMARTS) is 1. The average Bonchev–Trinajstić information content (AvgIpc) is 3.16. The van der Waals surface area contributed by atoms with E-state index in [1.165, 1.54) is 12.1 Å². The molecule has 3 aromatic carbocycles. The molecule has 3 aromatic rings. The molecule has 0 saturated carbocycles. The molecule has 0 heterocycles. The highest BCUT2D eigenvalue weighted by atomic mass is 79.9. The van der Waals surface area contributed by atoms with Crippen molar-refractivity contribution in [3.8, 4) is 11.1 Å². The van der Waals surface area contributed by atoms with Crippen molar-refractivity contribution < 1.29 is 29.3 Å². The molecular weight excluding hydrogens is 504 g/mol. The Labute approximate surface area is 203 Å². The second-order valence-electron chi connectivity index (χ2n) is 7.71. The van der Waals surface area contributed by atoms with Crippen molar-refractivity contribution in [2.75, 3.05) is 18.5 Å². The van der Waals surface area contributed by atoms with Crippen LogP contribution < -0.4 is 10.6 Å². The Morgan fingerprint density at radius 1 is 0.971 bits per heavy atom. The van der Waals surface area contributed by atoms with Gasteiger partial charge in [-0.05, 0) is 56.4 Å². The summed E-state index contributed by atoms with van der Waals surface area (Å²) < 4.78 is 6.07. The van der Waals surface area contributed by atoms with Gasteiger partial charge in [0.25, 0.3) is 5.91 Å². The summed E-state index contributed by atoms with van der Waals surface area (Å²) in [5.41, 5.74) is 4.93. The van der Waals surface area contributed by atoms with E-state index in [0.717, 1.165) is 22.3 Å². The van der Waals surface area contributed by atoms with E-state index in [4.69, 9.17) is 9.84 Å². The zero-order valence-electron chi connectivity index (χ0n) is 17.8. The van der Waals surface area contributed by atoms with Gasteiger partial charge in [-0.15, -0.1) is 0 Å². The molecular formula is C25H21BrN2O6. The highest BCUT2D eigenvalue weighted by Crippen LogP contribution is 2.44. The maximum absolute atomic E-state index is 12.6. The molecule has 2 amide bonds. The number of nitrogens with one attached hydrogen (secondary N) is 2. The van der Waals surface area contributed by atoms with Gasteiger partial charge in [-0.2, -0.15) is 0 Å². The molecule has 9 heteroatoms. The number of aliphatic carboxylic acids is 1. The molecule has 0 aliphatic heterocycles. The summed E-state index contributed by atoms with van der Waals surface area (Å²) in [4.78, 5) is 35.5. The van der Waals surface area contributed by atoms with Crippen LogP contribution in [0.15, 0.2) is 71.2 Å². The molecule has 0 radical (unpaired) electrons. The summed E-state index contributed by atoms with van der Waals surface area (Å²) in [6.45, 7) is -0.301. The van der Waals surface area contributed by atoms with Crippen molar-refractivity contribution in [1.82, 2.24) is 5.32 Å². The van der Waals surface area contributed by atoms with Crippen molar-refractivity contribution >= 4 is 39.6 Å². The SMILES string of the molecule is O=C(Nc1cc(C(=O)NC[C@H](O)C(=O)O)ccc1Br)OCC1c2ccccc2-c2ccccc21. The van der Waals surface area contributed by atoms with Crippen molar-refractivity contribution in [3.63, 3.8) is 0 Å². The number of fused-ring (bicyclic) bond motifs is 3. The molecule has 0 bridgehead atoms. The largest absolute Gasteiger partial charge is 0.479 e. The first-order valence-corrected chi connectivity index (χ1v) is 11.2. The molecule has 1 atom stereocenters. The number of aliphatic hydroxyl groups excluding tert-OH is 1. The third-order valence-corrected chi connectivity index (χ3v) is 6.24. The number of amides is 2. The van der Waals surface area contributed by atoms with Crippen LogP contribution in [0.25, 0.3) is 11.1 Å². The van der Waals surface area contributed by atoms with Crippen molar-refractivity contribution in [2.45, 2.75) is 12.0 Å². The lowest BCUT2D eigenvalue weighted by molar-refractivity contribution is -0.146. The Kier molecular flexibility index (Phi) is 6.95. The minimum Gasteiger partial charge on any atom is -0.479 e. The first-order chi connectivity index (χ1) is 16.3. The summed E-state index contributed by atoms with van der Waals surface area (Å²) in [6.07, 6.45) is -2.39. The van der Waals surface area contributed by atoms with Crippen LogP contribution >= 0.6 is 15.9 Å². The van der Waals surface area contributed by atoms with Gasteiger partial charge in [-0.1, -0.05) is 48.5 Å². The van der Waals surface area contributed by atoms with Gasteiger partial charge in [0.1, 0.15) is 6.61 Å². The molecule has 0 unspecified atom stereocenters. The van der Waals surface area contributed by atoms with Gasteiger partial charge in [0.15, 0.2) is 6.10 Å². The summed E-state index contributed by atoms with van der Waals surface area (Å²) >= 11 is 3.33. The van der Waals surface area contributed by atoms with Gasteiger partial charge in [-0.3, -0.25) is 10.1 Å². The van der Waals surface area contributed by atoms with Crippen molar-refractivity contribution in [1.29, 1.82) is 0 Å². The molecule has 4 rings (SSSR count). The third-order valence-electron chi connectivity index (χ3n) is 5.55. The summed E-state index contributed by atoms with van der Waals surface area (Å²) in [5.74, 6) is -2.11. The second-order valence-corrected chi connectivity index (χ2v) is 8.56. The fourth-order valence-electron chi connectivity index (χ4n) is 3.89. The van der Waals surface area contributed by atoms with Crippen LogP contribution in [-0.2, 0) is 9.53 Å². The topological polar surface area (TPSA) is 125 Å². The minimum atomic E-state index is -1.71. The quantitative estimate of drug-likeness (QED) is 0.370. The molecule has 174 valence electrons. The van der Waals surface area contributed by atoms with Crippen LogP contribution in [0.1, 0.15) is 27.4 Å². The molecule has 1 aliphatic rings. The zero-order chi connectivity index (χ0) is 24.2. The summed E-state index contributed by atoms with van der Waals surface area (Å²) in [6, 6.07) is 20.5. The Hall–Kier alpha value is -3.69. The maximum atomic E-state index is 12.6. The van der Waals surface area contributed by atoms with E-state index >= 15 is 0 Å². The zero-order valence-corrected chi connectivity index (χ0v) is 19.4. The van der Waals surface area contributed by atoms with Crippen molar-refractivity contribution in [3.05, 3.63) is 87.9 Å². The van der Waals surface area contributed by atoms with E-state index in [1.54, 1.807) is 6.07 Å². The molecule has 0 spiro atoms. The second kappa shape index (κ2) is 10.1. The summed E-state index contributed by atoms with van der Waals surface area (Å²) in [5, 5.41) is 23.0. The number of rotatable bonds is 7. The normalized spacial score (nSPS) is 12.9. The average molecular weight is 525 g/mol. The van der Waals surface area contributed by atoms with Crippen LogP contribution in [0.3, 0.4) is 0 Å². The third kappa shape index (κ3) is 4.95. The van der Waals surface area contributed by atoms with Gasteiger partial charge in [-0.25, -0.2) is 9.59 Å². The smallest absolute Gasteiger partial charge is 0.411 e. The monoisotopic (exact) mass is 524 g/mol. The van der Waals surface area contributed by atoms with Gasteiger partial charge in [0.05, 0.1) is 12.2 Å². The van der Waals surface area contributed by atoms with E-state index in [9.17, 15) is 19.5 Å². The number of aliphatic hydroxyl groups is 1. The molecule has 0 aromatic heterocycles. The lowest BCUT2D eigenvalue weighted by atomic mass is 9.98. The Balaban J connectivity index is 1.41. The van der Waals surface area contributed by atoms with E-state index in [-0.39, 0.29) is 18.1 Å². The number of halogens is 1. The molecule has 1 aliphatic carbocycles. The number of hydrogen-bond donors (Lipinski definition) is 4. The Morgan fingerprint density at radius 2 is 1.59 bits per heavy atom. The van der Waals surface area contributed by atoms with Crippen LogP contribution in [0, 0.1) is 0 Å². The molecule has 8 nitrogen and oxygen atoms in total. The number of carboxylic acids is 1. The van der Waals surface area contributed by atoms with Crippen LogP contribution in [0.4, 0.5) is 10.5 Å². The molecule has 34 heavy (non-hydrogen) atoms. The Bertz CT molecular complexity index is 1220. The standard InChI is InChI=1S/C25H21BrN2O6/c26-20-10-9-14(23(30)27-12-22(29)24(31)32)11-21(20)28-25(33)34-13-19-17-7-3-1-5-15(17)16-6-2-4-8-18(16)19/h1-11,19,22,29H,12-13H2,(H,27,30)(H,28,33)(H,31,32)/t22-/m0/s1. The van der Waals surface area contributed by atoms with E-state index in [1.807, 2.05) is 36.4 Å². The predicted molar refractivity (Wildman–Crippen MR) is 129 cm³/mol. The Morgan fingerprint density at radius 3 is 2.21 bits per heavy atom. The maximum Gasteiger partial charge on any atom is 0.411 e. The predicted octanol–water partition coefficient (Wildman–Crippen LogP) is 3.99. The van der Waals surface area contributed by atoms with Crippen LogP contribution in [-0.4, -0.2) is 47.4 Å². The first-order valence-electron chi connectivity index (χ1n) is 10.5. The van der Waals surface area contributed by atoms with Gasteiger partial charge < -0.3 is 20.3 Å². The number of carbonyl (C=O) groups is 3. The number of ether oxygens (including phenoxy) is 1. The number of anilines is 1. The highest BCUT2D eigenvalue weighted by Gasteiger charge is 2.29. The number of hydrogen-bond acceptors (Lipinski definition) is 5. The van der Waals surface area contributed by atoms with E-state index < -0.39 is 30.6 Å². The van der Waals surface area contributed by atoms with E-state index in [0.29, 0.717) is 10.2 Å². The van der Waals surface area contributed by atoms with Gasteiger partial charge in [0.2, 0.25) is 0 Å². The van der Waals surface area contributed by atoms with E-state index in [2.05, 4.69) is 38.7 Å². The molecule has 4 N–H and O–H groups in total. The molecule has 0 saturated heterocycles. The summed E-state index contributed by atoms with van der Waals surface area (Å²) in [7, 11) is 0. The number of benzene rings is 3. The fraction of sp³-hybridized carbons (Fsp3) is 0.160. The first kappa shape index (κ1) is 23.5. The molecule has 0 fully saturated rings. The minimum absolute atomic E-state index is 0.0839. The van der Waals surface area contributed by atoms with Gasteiger partial charge in [0, 0.05) is 16.0 Å². The lowest BCUT2D eigenvalue weighted by Gasteiger charge is -2.15. The fourth-order valence-corrected chi connectivity index (χ4v) is 4.23. The lowest BCUT2D eigenvalue weighted by Crippen LogP contribution is -2.36. The number of carbonyl (C=O) groups excluding carboxylic acids is 2. The van der Waals surface area contributed by atoms with Crippen LogP contribution in [0.5, 0.6) is 0 Å². The van der Waals surface area contributed by atoms with Gasteiger partial charge >= 0.3 is 12.1 Å². The van der Waals surface area contributed by atoms with Crippen LogP contribution in [0.2, 0.25) is 0 Å². The highest BCUT2D eigenvalue weighted by molar-refractivity contribution is 9.10.